The Bertz CT molecular complexity index is 226. The van der Waals surface area contributed by atoms with Crippen LogP contribution in [0.2, 0.25) is 0 Å². The second-order valence-electron chi connectivity index (χ2n) is 5.29. The van der Waals surface area contributed by atoms with E-state index in [-0.39, 0.29) is 0 Å². The molecule has 100 valence electrons. The molecule has 1 amide bonds. The highest BCUT2D eigenvalue weighted by molar-refractivity contribution is 9.09. The molecule has 0 heterocycles. The summed E-state index contributed by atoms with van der Waals surface area (Å²) in [6.07, 6.45) is 8.16. The average Bonchev–Trinajstić information content (AvgIpc) is 2.36. The topological polar surface area (TPSA) is 20.3 Å². The van der Waals surface area contributed by atoms with Gasteiger partial charge in [0, 0.05) is 24.3 Å². The lowest BCUT2D eigenvalue weighted by Crippen LogP contribution is -2.43. The number of carbonyl (C=O) groups excluding carboxylic acids is 1. The van der Waals surface area contributed by atoms with Crippen LogP contribution in [0.25, 0.3) is 0 Å². The van der Waals surface area contributed by atoms with Crippen LogP contribution in [0.1, 0.15) is 58.8 Å². The summed E-state index contributed by atoms with van der Waals surface area (Å²) >= 11 is 3.47. The van der Waals surface area contributed by atoms with Crippen LogP contribution in [0.5, 0.6) is 0 Å². The highest BCUT2D eigenvalue weighted by Crippen LogP contribution is 2.24. The van der Waals surface area contributed by atoms with Crippen molar-refractivity contribution in [1.82, 2.24) is 4.90 Å². The number of halogens is 1. The Balaban J connectivity index is 2.53. The van der Waals surface area contributed by atoms with Gasteiger partial charge in [-0.25, -0.2) is 0 Å². The van der Waals surface area contributed by atoms with E-state index >= 15 is 0 Å². The first kappa shape index (κ1) is 15.0. The second kappa shape index (κ2) is 8.12. The molecule has 0 aromatic rings. The first-order valence-corrected chi connectivity index (χ1v) is 8.16. The maximum absolute atomic E-state index is 12.3. The normalized spacial score (nSPS) is 19.0. The summed E-state index contributed by atoms with van der Waals surface area (Å²) in [5.41, 5.74) is 0. The minimum atomic E-state index is 0.366. The molecule has 1 rings (SSSR count). The summed E-state index contributed by atoms with van der Waals surface area (Å²) in [5, 5.41) is 0.899. The lowest BCUT2D eigenvalue weighted by Gasteiger charge is -2.34. The van der Waals surface area contributed by atoms with E-state index in [4.69, 9.17) is 0 Å². The summed E-state index contributed by atoms with van der Waals surface area (Å²) in [6, 6.07) is 0.512. The number of rotatable bonds is 6. The Hall–Kier alpha value is -0.0500. The first-order valence-electron chi connectivity index (χ1n) is 7.04. The molecular weight excluding hydrogens is 278 g/mol. The quantitative estimate of drug-likeness (QED) is 0.680. The molecule has 0 aromatic heterocycles. The van der Waals surface area contributed by atoms with Crippen molar-refractivity contribution in [2.24, 2.45) is 5.92 Å². The van der Waals surface area contributed by atoms with Crippen LogP contribution in [-0.2, 0) is 4.79 Å². The standard InChI is InChI=1S/C14H26BrNO/c1-3-12(2)11-14(17)16(10-9-15)13-7-5-4-6-8-13/h12-13H,3-11H2,1-2H3. The number of carbonyl (C=O) groups is 1. The minimum Gasteiger partial charge on any atom is -0.339 e. The number of hydrogen-bond donors (Lipinski definition) is 0. The van der Waals surface area contributed by atoms with E-state index in [9.17, 15) is 4.79 Å². The minimum absolute atomic E-state index is 0.366. The molecule has 0 aromatic carbocycles. The van der Waals surface area contributed by atoms with Gasteiger partial charge < -0.3 is 4.90 Å². The summed E-state index contributed by atoms with van der Waals surface area (Å²) in [5.74, 6) is 0.884. The average molecular weight is 304 g/mol. The predicted molar refractivity (Wildman–Crippen MR) is 76.5 cm³/mol. The van der Waals surface area contributed by atoms with E-state index in [2.05, 4.69) is 34.7 Å². The van der Waals surface area contributed by atoms with Gasteiger partial charge in [-0.05, 0) is 18.8 Å². The highest BCUT2D eigenvalue weighted by Gasteiger charge is 2.25. The van der Waals surface area contributed by atoms with Crippen LogP contribution < -0.4 is 0 Å². The molecule has 17 heavy (non-hydrogen) atoms. The SMILES string of the molecule is CCC(C)CC(=O)N(CCBr)C1CCCCC1. The van der Waals surface area contributed by atoms with Crippen LogP contribution in [0.3, 0.4) is 0 Å². The third-order valence-electron chi connectivity index (χ3n) is 3.88. The van der Waals surface area contributed by atoms with E-state index in [1.54, 1.807) is 0 Å². The summed E-state index contributed by atoms with van der Waals surface area (Å²) in [4.78, 5) is 14.4. The molecule has 1 fully saturated rings. The van der Waals surface area contributed by atoms with E-state index < -0.39 is 0 Å². The number of amides is 1. The van der Waals surface area contributed by atoms with E-state index in [1.165, 1.54) is 32.1 Å². The molecule has 0 bridgehead atoms. The molecule has 0 N–H and O–H groups in total. The van der Waals surface area contributed by atoms with Crippen molar-refractivity contribution in [3.63, 3.8) is 0 Å². The lowest BCUT2D eigenvalue weighted by molar-refractivity contribution is -0.134. The zero-order chi connectivity index (χ0) is 12.7. The predicted octanol–water partition coefficient (Wildman–Crippen LogP) is 3.98. The molecule has 0 aliphatic heterocycles. The third-order valence-corrected chi connectivity index (χ3v) is 4.24. The Kier molecular flexibility index (Phi) is 7.17. The molecule has 0 saturated heterocycles. The van der Waals surface area contributed by atoms with Crippen molar-refractivity contribution in [2.45, 2.75) is 64.8 Å². The third kappa shape index (κ3) is 4.99. The van der Waals surface area contributed by atoms with Crippen molar-refractivity contribution in [2.75, 3.05) is 11.9 Å². The molecule has 0 spiro atoms. The molecule has 1 saturated carbocycles. The van der Waals surface area contributed by atoms with Crippen molar-refractivity contribution in [1.29, 1.82) is 0 Å². The molecule has 1 aliphatic rings. The summed E-state index contributed by atoms with van der Waals surface area (Å²) < 4.78 is 0. The number of alkyl halides is 1. The van der Waals surface area contributed by atoms with Crippen molar-refractivity contribution in [3.05, 3.63) is 0 Å². The zero-order valence-electron chi connectivity index (χ0n) is 11.3. The van der Waals surface area contributed by atoms with Gasteiger partial charge in [0.05, 0.1) is 0 Å². The Morgan fingerprint density at radius 2 is 2.00 bits per heavy atom. The Labute approximate surface area is 114 Å². The van der Waals surface area contributed by atoms with Gasteiger partial charge in [-0.15, -0.1) is 0 Å². The largest absolute Gasteiger partial charge is 0.339 e. The number of hydrogen-bond acceptors (Lipinski definition) is 1. The highest BCUT2D eigenvalue weighted by atomic mass is 79.9. The van der Waals surface area contributed by atoms with Gasteiger partial charge >= 0.3 is 0 Å². The Morgan fingerprint density at radius 1 is 1.35 bits per heavy atom. The van der Waals surface area contributed by atoms with Gasteiger partial charge in [-0.2, -0.15) is 0 Å². The van der Waals surface area contributed by atoms with Crippen LogP contribution in [0.15, 0.2) is 0 Å². The molecule has 1 unspecified atom stereocenters. The van der Waals surface area contributed by atoms with Gasteiger partial charge in [0.15, 0.2) is 0 Å². The van der Waals surface area contributed by atoms with E-state index in [0.717, 1.165) is 24.7 Å². The fraction of sp³-hybridized carbons (Fsp3) is 0.929. The van der Waals surface area contributed by atoms with Crippen molar-refractivity contribution in [3.8, 4) is 0 Å². The maximum atomic E-state index is 12.3. The summed E-state index contributed by atoms with van der Waals surface area (Å²) in [7, 11) is 0. The molecule has 0 radical (unpaired) electrons. The fourth-order valence-electron chi connectivity index (χ4n) is 2.55. The van der Waals surface area contributed by atoms with Gasteiger partial charge in [-0.1, -0.05) is 55.5 Å². The van der Waals surface area contributed by atoms with Crippen LogP contribution in [0, 0.1) is 5.92 Å². The fourth-order valence-corrected chi connectivity index (χ4v) is 2.94. The molecule has 1 atom stereocenters. The molecule has 1 aliphatic carbocycles. The van der Waals surface area contributed by atoms with Crippen molar-refractivity contribution < 1.29 is 4.79 Å². The first-order chi connectivity index (χ1) is 8.19. The van der Waals surface area contributed by atoms with Gasteiger partial charge in [-0.3, -0.25) is 4.79 Å². The van der Waals surface area contributed by atoms with Crippen LogP contribution in [0.4, 0.5) is 0 Å². The van der Waals surface area contributed by atoms with E-state index in [0.29, 0.717) is 17.9 Å². The van der Waals surface area contributed by atoms with Crippen LogP contribution >= 0.6 is 15.9 Å². The zero-order valence-corrected chi connectivity index (χ0v) is 12.8. The van der Waals surface area contributed by atoms with Crippen molar-refractivity contribution >= 4 is 21.8 Å². The number of nitrogens with zero attached hydrogens (tertiary/aromatic N) is 1. The smallest absolute Gasteiger partial charge is 0.223 e. The van der Waals surface area contributed by atoms with Gasteiger partial charge in [0.2, 0.25) is 5.91 Å². The maximum Gasteiger partial charge on any atom is 0.223 e. The van der Waals surface area contributed by atoms with Gasteiger partial charge in [0.25, 0.3) is 0 Å². The summed E-state index contributed by atoms with van der Waals surface area (Å²) in [6.45, 7) is 5.21. The molecule has 3 heteroatoms. The molecular formula is C14H26BrNO. The van der Waals surface area contributed by atoms with Gasteiger partial charge in [0.1, 0.15) is 0 Å². The lowest BCUT2D eigenvalue weighted by atomic mass is 9.93. The van der Waals surface area contributed by atoms with Crippen LogP contribution in [-0.4, -0.2) is 28.7 Å². The Morgan fingerprint density at radius 3 is 2.53 bits per heavy atom. The molecule has 2 nitrogen and oxygen atoms in total. The monoisotopic (exact) mass is 303 g/mol. The second-order valence-corrected chi connectivity index (χ2v) is 6.08. The van der Waals surface area contributed by atoms with E-state index in [1.807, 2.05) is 0 Å².